The van der Waals surface area contributed by atoms with Gasteiger partial charge in [-0.1, -0.05) is 55.5 Å². The molecule has 1 aliphatic rings. The van der Waals surface area contributed by atoms with E-state index < -0.39 is 0 Å². The molecule has 0 aliphatic heterocycles. The zero-order chi connectivity index (χ0) is 13.5. The molecule has 0 fully saturated rings. The van der Waals surface area contributed by atoms with Gasteiger partial charge < -0.3 is 4.74 Å². The Labute approximate surface area is 113 Å². The maximum Gasteiger partial charge on any atom is 0.306 e. The van der Waals surface area contributed by atoms with Crippen LogP contribution < -0.4 is 0 Å². The number of hydrogen-bond donors (Lipinski definition) is 0. The molecule has 0 saturated carbocycles. The first-order chi connectivity index (χ1) is 9.16. The molecule has 0 spiro atoms. The lowest BCUT2D eigenvalue weighted by molar-refractivity contribution is -0.141. The van der Waals surface area contributed by atoms with E-state index in [1.807, 2.05) is 24.3 Å². The van der Waals surface area contributed by atoms with Crippen molar-refractivity contribution in [3.8, 4) is 11.1 Å². The summed E-state index contributed by atoms with van der Waals surface area (Å²) in [6.45, 7) is 2.12. The second kappa shape index (κ2) is 4.23. The number of carbonyl (C=O) groups is 1. The molecule has 0 amide bonds. The predicted molar refractivity (Wildman–Crippen MR) is 75.0 cm³/mol. The largest absolute Gasteiger partial charge is 0.469 e. The van der Waals surface area contributed by atoms with E-state index in [9.17, 15) is 4.79 Å². The Balaban J connectivity index is 2.22. The summed E-state index contributed by atoms with van der Waals surface area (Å²) in [5, 5.41) is 0. The lowest BCUT2D eigenvalue weighted by Crippen LogP contribution is -2.25. The third-order valence-electron chi connectivity index (χ3n) is 4.06. The summed E-state index contributed by atoms with van der Waals surface area (Å²) in [6.07, 6.45) is 0.373. The van der Waals surface area contributed by atoms with Gasteiger partial charge in [0.25, 0.3) is 0 Å². The van der Waals surface area contributed by atoms with Crippen molar-refractivity contribution < 1.29 is 9.53 Å². The minimum absolute atomic E-state index is 0.172. The molecule has 0 radical (unpaired) electrons. The number of esters is 1. The minimum atomic E-state index is -0.291. The van der Waals surface area contributed by atoms with E-state index in [1.165, 1.54) is 29.4 Å². The molecular weight excluding hydrogens is 236 g/mol. The van der Waals surface area contributed by atoms with Gasteiger partial charge in [-0.2, -0.15) is 0 Å². The summed E-state index contributed by atoms with van der Waals surface area (Å²) in [5.41, 5.74) is 4.58. The number of hydrogen-bond acceptors (Lipinski definition) is 2. The van der Waals surface area contributed by atoms with Gasteiger partial charge in [0.2, 0.25) is 0 Å². The van der Waals surface area contributed by atoms with Crippen molar-refractivity contribution in [1.82, 2.24) is 0 Å². The highest BCUT2D eigenvalue weighted by Gasteiger charge is 2.40. The highest BCUT2D eigenvalue weighted by molar-refractivity contribution is 5.84. The molecule has 2 aromatic rings. The fraction of sp³-hybridized carbons (Fsp3) is 0.235. The number of rotatable bonds is 2. The first-order valence-electron chi connectivity index (χ1n) is 6.43. The second-order valence-electron chi connectivity index (χ2n) is 5.18. The fourth-order valence-corrected chi connectivity index (χ4v) is 3.09. The standard InChI is InChI=1S/C17H16O2/c1-17(11-16(18)19-2)14-9-5-3-7-12(14)13-8-4-6-10-15(13)17/h3-10H,11H2,1-2H3. The molecular formula is C17H16O2. The van der Waals surface area contributed by atoms with Gasteiger partial charge in [0.15, 0.2) is 0 Å². The average Bonchev–Trinajstić information content (AvgIpc) is 2.70. The highest BCUT2D eigenvalue weighted by atomic mass is 16.5. The molecule has 0 saturated heterocycles. The number of ether oxygens (including phenoxy) is 1. The first-order valence-corrected chi connectivity index (χ1v) is 6.43. The van der Waals surface area contributed by atoms with Crippen molar-refractivity contribution in [2.24, 2.45) is 0 Å². The molecule has 96 valence electrons. The molecule has 0 heterocycles. The van der Waals surface area contributed by atoms with Crippen molar-refractivity contribution in [2.75, 3.05) is 7.11 Å². The Hall–Kier alpha value is -2.09. The zero-order valence-electron chi connectivity index (χ0n) is 11.1. The van der Waals surface area contributed by atoms with Crippen LogP contribution >= 0.6 is 0 Å². The van der Waals surface area contributed by atoms with Gasteiger partial charge in [0.1, 0.15) is 0 Å². The van der Waals surface area contributed by atoms with Crippen LogP contribution in [0.4, 0.5) is 0 Å². The van der Waals surface area contributed by atoms with Crippen LogP contribution in [0.1, 0.15) is 24.5 Å². The van der Waals surface area contributed by atoms with Gasteiger partial charge in [-0.15, -0.1) is 0 Å². The summed E-state index contributed by atoms with van der Waals surface area (Å²) in [7, 11) is 1.44. The molecule has 19 heavy (non-hydrogen) atoms. The maximum absolute atomic E-state index is 11.8. The zero-order valence-corrected chi connectivity index (χ0v) is 11.1. The van der Waals surface area contributed by atoms with Crippen molar-refractivity contribution in [3.05, 3.63) is 59.7 Å². The molecule has 0 bridgehead atoms. The van der Waals surface area contributed by atoms with E-state index in [-0.39, 0.29) is 11.4 Å². The summed E-state index contributed by atoms with van der Waals surface area (Å²) in [5.74, 6) is -0.172. The van der Waals surface area contributed by atoms with Crippen LogP contribution in [0.5, 0.6) is 0 Å². The molecule has 3 rings (SSSR count). The van der Waals surface area contributed by atoms with E-state index in [4.69, 9.17) is 4.74 Å². The van der Waals surface area contributed by atoms with Gasteiger partial charge in [-0.05, 0) is 22.3 Å². The van der Waals surface area contributed by atoms with E-state index in [2.05, 4.69) is 31.2 Å². The van der Waals surface area contributed by atoms with E-state index in [0.717, 1.165) is 0 Å². The van der Waals surface area contributed by atoms with Gasteiger partial charge in [0.05, 0.1) is 13.5 Å². The molecule has 0 aromatic heterocycles. The first kappa shape index (κ1) is 12.0. The maximum atomic E-state index is 11.8. The fourth-order valence-electron chi connectivity index (χ4n) is 3.09. The third kappa shape index (κ3) is 1.67. The molecule has 0 N–H and O–H groups in total. The molecule has 2 nitrogen and oxygen atoms in total. The van der Waals surface area contributed by atoms with Crippen LogP contribution in [0.15, 0.2) is 48.5 Å². The Bertz CT molecular complexity index is 598. The minimum Gasteiger partial charge on any atom is -0.469 e. The van der Waals surface area contributed by atoms with Crippen molar-refractivity contribution in [3.63, 3.8) is 0 Å². The van der Waals surface area contributed by atoms with Crippen LogP contribution in [0, 0.1) is 0 Å². The smallest absolute Gasteiger partial charge is 0.306 e. The predicted octanol–water partition coefficient (Wildman–Crippen LogP) is 3.54. The van der Waals surface area contributed by atoms with E-state index in [0.29, 0.717) is 6.42 Å². The van der Waals surface area contributed by atoms with Crippen LogP contribution in [0.2, 0.25) is 0 Å². The Morgan fingerprint density at radius 2 is 1.47 bits per heavy atom. The SMILES string of the molecule is COC(=O)CC1(C)c2ccccc2-c2ccccc21. The quantitative estimate of drug-likeness (QED) is 0.764. The van der Waals surface area contributed by atoms with Crippen molar-refractivity contribution in [2.45, 2.75) is 18.8 Å². The second-order valence-corrected chi connectivity index (χ2v) is 5.18. The van der Waals surface area contributed by atoms with Gasteiger partial charge in [0, 0.05) is 5.41 Å². The van der Waals surface area contributed by atoms with Gasteiger partial charge in [-0.3, -0.25) is 4.79 Å². The van der Waals surface area contributed by atoms with E-state index >= 15 is 0 Å². The summed E-state index contributed by atoms with van der Waals surface area (Å²) < 4.78 is 4.87. The lowest BCUT2D eigenvalue weighted by Gasteiger charge is -2.25. The molecule has 0 atom stereocenters. The number of methoxy groups -OCH3 is 1. The molecule has 2 aromatic carbocycles. The summed E-state index contributed by atoms with van der Waals surface area (Å²) in [6, 6.07) is 16.6. The molecule has 1 aliphatic carbocycles. The summed E-state index contributed by atoms with van der Waals surface area (Å²) in [4.78, 5) is 11.8. The van der Waals surface area contributed by atoms with Crippen molar-refractivity contribution in [1.29, 1.82) is 0 Å². The van der Waals surface area contributed by atoms with Crippen LogP contribution in [-0.2, 0) is 14.9 Å². The van der Waals surface area contributed by atoms with Gasteiger partial charge >= 0.3 is 5.97 Å². The average molecular weight is 252 g/mol. The van der Waals surface area contributed by atoms with Gasteiger partial charge in [-0.25, -0.2) is 0 Å². The Morgan fingerprint density at radius 1 is 1.00 bits per heavy atom. The molecule has 2 heteroatoms. The van der Waals surface area contributed by atoms with Crippen LogP contribution in [0.3, 0.4) is 0 Å². The topological polar surface area (TPSA) is 26.3 Å². The monoisotopic (exact) mass is 252 g/mol. The summed E-state index contributed by atoms with van der Waals surface area (Å²) >= 11 is 0. The normalized spacial score (nSPS) is 14.6. The lowest BCUT2D eigenvalue weighted by atomic mass is 9.77. The molecule has 0 unspecified atom stereocenters. The number of fused-ring (bicyclic) bond motifs is 3. The van der Waals surface area contributed by atoms with E-state index in [1.54, 1.807) is 0 Å². The highest BCUT2D eigenvalue weighted by Crippen LogP contribution is 2.50. The third-order valence-corrected chi connectivity index (χ3v) is 4.06. The van der Waals surface area contributed by atoms with Crippen LogP contribution in [0.25, 0.3) is 11.1 Å². The Kier molecular flexibility index (Phi) is 2.67. The number of benzene rings is 2. The van der Waals surface area contributed by atoms with Crippen LogP contribution in [-0.4, -0.2) is 13.1 Å². The van der Waals surface area contributed by atoms with Crippen molar-refractivity contribution >= 4 is 5.97 Å². The number of carbonyl (C=O) groups excluding carboxylic acids is 1. The Morgan fingerprint density at radius 3 is 1.95 bits per heavy atom.